The summed E-state index contributed by atoms with van der Waals surface area (Å²) >= 11 is 0. The van der Waals surface area contributed by atoms with Gasteiger partial charge in [-0.25, -0.2) is 4.68 Å². The molecule has 0 amide bonds. The summed E-state index contributed by atoms with van der Waals surface area (Å²) in [5.41, 5.74) is 0.605. The van der Waals surface area contributed by atoms with Crippen molar-refractivity contribution >= 4 is 11.7 Å². The van der Waals surface area contributed by atoms with Gasteiger partial charge < -0.3 is 14.7 Å². The van der Waals surface area contributed by atoms with Gasteiger partial charge in [-0.05, 0) is 18.8 Å². The molecule has 2 heterocycles. The molecule has 1 atom stereocenters. The van der Waals surface area contributed by atoms with Crippen LogP contribution in [0.25, 0.3) is 0 Å². The minimum atomic E-state index is -0.769. The highest BCUT2D eigenvalue weighted by Crippen LogP contribution is 2.23. The Morgan fingerprint density at radius 3 is 3.05 bits per heavy atom. The van der Waals surface area contributed by atoms with E-state index in [2.05, 4.69) is 5.10 Å². The SMILES string of the molecule is COCCn1ncc(N2CCCC(CC(=O)O)C2)cc1=O. The first kappa shape index (κ1) is 15.5. The van der Waals surface area contributed by atoms with E-state index < -0.39 is 5.97 Å². The van der Waals surface area contributed by atoms with Gasteiger partial charge in [0, 0.05) is 32.7 Å². The fourth-order valence-electron chi connectivity index (χ4n) is 2.66. The fourth-order valence-corrected chi connectivity index (χ4v) is 2.66. The molecule has 116 valence electrons. The molecule has 2 rings (SSSR count). The Balaban J connectivity index is 2.05. The number of methoxy groups -OCH3 is 1. The Morgan fingerprint density at radius 1 is 1.57 bits per heavy atom. The highest BCUT2D eigenvalue weighted by molar-refractivity contribution is 5.67. The molecule has 0 aliphatic carbocycles. The van der Waals surface area contributed by atoms with E-state index in [9.17, 15) is 9.59 Å². The van der Waals surface area contributed by atoms with Crippen LogP contribution in [0.15, 0.2) is 17.1 Å². The van der Waals surface area contributed by atoms with Gasteiger partial charge in [-0.3, -0.25) is 9.59 Å². The largest absolute Gasteiger partial charge is 0.481 e. The van der Waals surface area contributed by atoms with Gasteiger partial charge in [-0.15, -0.1) is 0 Å². The van der Waals surface area contributed by atoms with Crippen molar-refractivity contribution in [1.82, 2.24) is 9.78 Å². The highest BCUT2D eigenvalue weighted by Gasteiger charge is 2.22. The van der Waals surface area contributed by atoms with Crippen LogP contribution in [-0.4, -0.2) is 47.7 Å². The Labute approximate surface area is 123 Å². The summed E-state index contributed by atoms with van der Waals surface area (Å²) in [5.74, 6) is -0.637. The van der Waals surface area contributed by atoms with E-state index in [1.807, 2.05) is 4.90 Å². The van der Waals surface area contributed by atoms with Gasteiger partial charge >= 0.3 is 5.97 Å². The van der Waals surface area contributed by atoms with E-state index in [0.29, 0.717) is 19.7 Å². The quantitative estimate of drug-likeness (QED) is 0.826. The van der Waals surface area contributed by atoms with E-state index in [4.69, 9.17) is 9.84 Å². The summed E-state index contributed by atoms with van der Waals surface area (Å²) in [6.45, 7) is 2.36. The first-order valence-corrected chi connectivity index (χ1v) is 7.13. The molecular formula is C14H21N3O4. The highest BCUT2D eigenvalue weighted by atomic mass is 16.5. The number of nitrogens with zero attached hydrogens (tertiary/aromatic N) is 3. The third-order valence-corrected chi connectivity index (χ3v) is 3.71. The second-order valence-electron chi connectivity index (χ2n) is 5.32. The number of hydrogen-bond acceptors (Lipinski definition) is 5. The van der Waals surface area contributed by atoms with Crippen molar-refractivity contribution < 1.29 is 14.6 Å². The maximum absolute atomic E-state index is 12.0. The lowest BCUT2D eigenvalue weighted by atomic mass is 9.94. The van der Waals surface area contributed by atoms with E-state index in [0.717, 1.165) is 25.1 Å². The van der Waals surface area contributed by atoms with Crippen molar-refractivity contribution in [1.29, 1.82) is 0 Å². The summed E-state index contributed by atoms with van der Waals surface area (Å²) in [7, 11) is 1.58. The second-order valence-corrected chi connectivity index (χ2v) is 5.32. The zero-order valence-corrected chi connectivity index (χ0v) is 12.2. The zero-order chi connectivity index (χ0) is 15.2. The molecule has 1 aromatic rings. The van der Waals surface area contributed by atoms with Crippen molar-refractivity contribution in [3.63, 3.8) is 0 Å². The first-order chi connectivity index (χ1) is 10.1. The van der Waals surface area contributed by atoms with Gasteiger partial charge in [0.25, 0.3) is 5.56 Å². The van der Waals surface area contributed by atoms with E-state index >= 15 is 0 Å². The van der Waals surface area contributed by atoms with Gasteiger partial charge in [0.15, 0.2) is 0 Å². The normalized spacial score (nSPS) is 18.7. The lowest BCUT2D eigenvalue weighted by molar-refractivity contribution is -0.138. The Bertz CT molecular complexity index is 543. The minimum Gasteiger partial charge on any atom is -0.481 e. The summed E-state index contributed by atoms with van der Waals surface area (Å²) in [5, 5.41) is 13.0. The molecule has 1 unspecified atom stereocenters. The van der Waals surface area contributed by atoms with Crippen LogP contribution in [0.2, 0.25) is 0 Å². The topological polar surface area (TPSA) is 84.7 Å². The van der Waals surface area contributed by atoms with Gasteiger partial charge in [-0.2, -0.15) is 5.10 Å². The molecule has 1 aliphatic rings. The zero-order valence-electron chi connectivity index (χ0n) is 12.2. The molecule has 7 nitrogen and oxygen atoms in total. The standard InChI is InChI=1S/C14H21N3O4/c1-21-6-5-17-13(18)8-12(9-15-17)16-4-2-3-11(10-16)7-14(19)20/h8-9,11H,2-7,10H2,1H3,(H,19,20). The molecule has 1 aliphatic heterocycles. The maximum Gasteiger partial charge on any atom is 0.303 e. The van der Waals surface area contributed by atoms with Crippen LogP contribution in [0, 0.1) is 5.92 Å². The van der Waals surface area contributed by atoms with Crippen LogP contribution in [0.3, 0.4) is 0 Å². The number of hydrogen-bond donors (Lipinski definition) is 1. The molecule has 0 aromatic carbocycles. The van der Waals surface area contributed by atoms with Crippen molar-refractivity contribution in [2.75, 3.05) is 31.7 Å². The third-order valence-electron chi connectivity index (χ3n) is 3.71. The Hall–Kier alpha value is -1.89. The molecular weight excluding hydrogens is 274 g/mol. The van der Waals surface area contributed by atoms with Gasteiger partial charge in [0.1, 0.15) is 0 Å². The average Bonchev–Trinajstić information content (AvgIpc) is 2.45. The van der Waals surface area contributed by atoms with Crippen LogP contribution >= 0.6 is 0 Å². The minimum absolute atomic E-state index is 0.132. The Kier molecular flexibility index (Phi) is 5.32. The molecule has 0 bridgehead atoms. The summed E-state index contributed by atoms with van der Waals surface area (Å²) in [6.07, 6.45) is 3.70. The molecule has 7 heteroatoms. The van der Waals surface area contributed by atoms with Crippen LogP contribution in [0.5, 0.6) is 0 Å². The number of carbonyl (C=O) groups is 1. The van der Waals surface area contributed by atoms with Gasteiger partial charge in [-0.1, -0.05) is 0 Å². The smallest absolute Gasteiger partial charge is 0.303 e. The number of piperidine rings is 1. The molecule has 0 radical (unpaired) electrons. The van der Waals surface area contributed by atoms with E-state index in [1.165, 1.54) is 4.68 Å². The van der Waals surface area contributed by atoms with Crippen LogP contribution < -0.4 is 10.5 Å². The number of rotatable bonds is 6. The number of carboxylic acids is 1. The van der Waals surface area contributed by atoms with Crippen LogP contribution in [-0.2, 0) is 16.1 Å². The predicted octanol–water partition coefficient (Wildman–Crippen LogP) is 0.581. The van der Waals surface area contributed by atoms with Gasteiger partial charge in [0.05, 0.1) is 25.0 Å². The summed E-state index contributed by atoms with van der Waals surface area (Å²) in [6, 6.07) is 1.56. The predicted molar refractivity (Wildman–Crippen MR) is 77.6 cm³/mol. The van der Waals surface area contributed by atoms with Crippen molar-refractivity contribution in [2.24, 2.45) is 5.92 Å². The maximum atomic E-state index is 12.0. The van der Waals surface area contributed by atoms with E-state index in [1.54, 1.807) is 19.4 Å². The summed E-state index contributed by atoms with van der Waals surface area (Å²) < 4.78 is 6.30. The summed E-state index contributed by atoms with van der Waals surface area (Å²) in [4.78, 5) is 24.8. The number of anilines is 1. The number of ether oxygens (including phenoxy) is 1. The molecule has 1 aromatic heterocycles. The number of aliphatic carboxylic acids is 1. The third kappa shape index (κ3) is 4.29. The fraction of sp³-hybridized carbons (Fsp3) is 0.643. The Morgan fingerprint density at radius 2 is 2.38 bits per heavy atom. The van der Waals surface area contributed by atoms with E-state index in [-0.39, 0.29) is 17.9 Å². The second kappa shape index (κ2) is 7.21. The molecule has 1 N–H and O–H groups in total. The lowest BCUT2D eigenvalue weighted by Gasteiger charge is -2.33. The van der Waals surface area contributed by atoms with Crippen molar-refractivity contribution in [3.05, 3.63) is 22.6 Å². The first-order valence-electron chi connectivity index (χ1n) is 7.13. The monoisotopic (exact) mass is 295 g/mol. The number of carboxylic acid groups (broad SMARTS) is 1. The average molecular weight is 295 g/mol. The van der Waals surface area contributed by atoms with Crippen LogP contribution in [0.4, 0.5) is 5.69 Å². The molecule has 1 fully saturated rings. The van der Waals surface area contributed by atoms with Crippen molar-refractivity contribution in [3.8, 4) is 0 Å². The lowest BCUT2D eigenvalue weighted by Crippen LogP contribution is -2.37. The van der Waals surface area contributed by atoms with Gasteiger partial charge in [0.2, 0.25) is 0 Å². The molecule has 21 heavy (non-hydrogen) atoms. The molecule has 0 spiro atoms. The van der Waals surface area contributed by atoms with Crippen molar-refractivity contribution in [2.45, 2.75) is 25.8 Å². The number of aromatic nitrogens is 2. The van der Waals surface area contributed by atoms with Crippen LogP contribution in [0.1, 0.15) is 19.3 Å². The molecule has 0 saturated carbocycles. The molecule has 1 saturated heterocycles.